The Balaban J connectivity index is 1.40. The van der Waals surface area contributed by atoms with Crippen LogP contribution in [-0.2, 0) is 5.54 Å². The Labute approximate surface area is 164 Å². The fourth-order valence-corrected chi connectivity index (χ4v) is 4.69. The van der Waals surface area contributed by atoms with Crippen LogP contribution in [0.25, 0.3) is 11.5 Å². The number of amides is 2. The van der Waals surface area contributed by atoms with E-state index < -0.39 is 0 Å². The molecule has 3 aliphatic rings. The molecule has 5 nitrogen and oxygen atoms in total. The molecule has 2 saturated heterocycles. The number of fused-ring (bicyclic) bond motifs is 1. The second-order valence-electron chi connectivity index (χ2n) is 8.04. The van der Waals surface area contributed by atoms with Crippen molar-refractivity contribution in [1.82, 2.24) is 9.88 Å². The number of anilines is 1. The molecule has 5 heteroatoms. The largest absolute Gasteiger partial charge is 0.444 e. The van der Waals surface area contributed by atoms with E-state index in [0.29, 0.717) is 11.8 Å². The van der Waals surface area contributed by atoms with Gasteiger partial charge in [-0.1, -0.05) is 36.4 Å². The lowest BCUT2D eigenvalue weighted by molar-refractivity contribution is 0.129. The number of hydrogen-bond donors (Lipinski definition) is 1. The second kappa shape index (κ2) is 6.23. The van der Waals surface area contributed by atoms with Crippen molar-refractivity contribution in [2.75, 3.05) is 11.9 Å². The molecule has 28 heavy (non-hydrogen) atoms. The van der Waals surface area contributed by atoms with Gasteiger partial charge < -0.3 is 14.6 Å². The van der Waals surface area contributed by atoms with Crippen LogP contribution in [0.5, 0.6) is 0 Å². The highest BCUT2D eigenvalue weighted by atomic mass is 16.3. The summed E-state index contributed by atoms with van der Waals surface area (Å²) in [6, 6.07) is 16.2. The highest BCUT2D eigenvalue weighted by Gasteiger charge is 2.58. The van der Waals surface area contributed by atoms with E-state index >= 15 is 0 Å². The molecule has 6 rings (SSSR count). The number of benzene rings is 2. The van der Waals surface area contributed by atoms with E-state index in [1.54, 1.807) is 6.26 Å². The van der Waals surface area contributed by atoms with Gasteiger partial charge in [0.05, 0.1) is 11.2 Å². The summed E-state index contributed by atoms with van der Waals surface area (Å²) in [4.78, 5) is 19.6. The number of aryl methyl sites for hydroxylation is 2. The Hall–Kier alpha value is -3.08. The van der Waals surface area contributed by atoms with Crippen LogP contribution in [0.1, 0.15) is 29.7 Å². The van der Waals surface area contributed by atoms with E-state index in [4.69, 9.17) is 4.42 Å². The molecule has 1 saturated carbocycles. The molecule has 3 fully saturated rings. The molecule has 0 radical (unpaired) electrons. The van der Waals surface area contributed by atoms with Gasteiger partial charge in [0.15, 0.2) is 0 Å². The lowest BCUT2D eigenvalue weighted by Crippen LogP contribution is -2.47. The number of nitrogens with one attached hydrogen (secondary N) is 1. The summed E-state index contributed by atoms with van der Waals surface area (Å²) in [6.45, 7) is 4.73. The van der Waals surface area contributed by atoms with Gasteiger partial charge in [-0.2, -0.15) is 0 Å². The fourth-order valence-electron chi connectivity index (χ4n) is 4.69. The number of nitrogens with zero attached hydrogens (tertiary/aromatic N) is 2. The Kier molecular flexibility index (Phi) is 3.79. The number of carbonyl (C=O) groups is 1. The van der Waals surface area contributed by atoms with Crippen LogP contribution in [0.2, 0.25) is 0 Å². The van der Waals surface area contributed by atoms with Crippen LogP contribution in [0.3, 0.4) is 0 Å². The number of aromatic nitrogens is 1. The van der Waals surface area contributed by atoms with Gasteiger partial charge in [0, 0.05) is 17.8 Å². The molecule has 3 heterocycles. The molecule has 1 N–H and O–H groups in total. The van der Waals surface area contributed by atoms with Crippen molar-refractivity contribution >= 4 is 11.7 Å². The van der Waals surface area contributed by atoms with Crippen molar-refractivity contribution in [2.45, 2.75) is 32.2 Å². The molecule has 0 unspecified atom stereocenters. The van der Waals surface area contributed by atoms with Crippen LogP contribution >= 0.6 is 0 Å². The fraction of sp³-hybridized carbons (Fsp3) is 0.304. The Morgan fingerprint density at radius 2 is 1.96 bits per heavy atom. The first-order chi connectivity index (χ1) is 13.5. The normalized spacial score (nSPS) is 22.8. The first kappa shape index (κ1) is 17.0. The molecule has 2 aromatic carbocycles. The molecule has 1 aliphatic carbocycles. The topological polar surface area (TPSA) is 58.4 Å². The van der Waals surface area contributed by atoms with Crippen molar-refractivity contribution in [3.8, 4) is 11.5 Å². The monoisotopic (exact) mass is 373 g/mol. The van der Waals surface area contributed by atoms with E-state index in [2.05, 4.69) is 34.6 Å². The molecular formula is C23H23N3O2. The lowest BCUT2D eigenvalue weighted by Gasteiger charge is -2.42. The smallest absolute Gasteiger partial charge is 0.322 e. The Morgan fingerprint density at radius 1 is 1.18 bits per heavy atom. The zero-order chi connectivity index (χ0) is 19.3. The van der Waals surface area contributed by atoms with Crippen LogP contribution in [0, 0.1) is 19.8 Å². The quantitative estimate of drug-likeness (QED) is 0.694. The summed E-state index contributed by atoms with van der Waals surface area (Å²) in [7, 11) is 0. The van der Waals surface area contributed by atoms with Gasteiger partial charge in [-0.15, -0.1) is 0 Å². The van der Waals surface area contributed by atoms with Gasteiger partial charge in [-0.3, -0.25) is 0 Å². The summed E-state index contributed by atoms with van der Waals surface area (Å²) >= 11 is 0. The van der Waals surface area contributed by atoms with Crippen LogP contribution < -0.4 is 5.32 Å². The summed E-state index contributed by atoms with van der Waals surface area (Å²) in [5.74, 6) is 1.19. The number of urea groups is 1. The summed E-state index contributed by atoms with van der Waals surface area (Å²) < 4.78 is 5.55. The van der Waals surface area contributed by atoms with Gasteiger partial charge in [-0.25, -0.2) is 9.78 Å². The third-order valence-electron chi connectivity index (χ3n) is 6.10. The standard InChI is InChI=1S/C23H23N3O2/c1-15-8-9-19(10-20(15)21-24-16(2)14-28-21)25-22(27)26-13-17-11-23(26,12-17)18-6-4-3-5-7-18/h3-10,14,17H,11-13H2,1-2H3,(H,25,27). The maximum absolute atomic E-state index is 13.1. The SMILES string of the molecule is Cc1coc(-c2cc(NC(=O)N3CC4CC3(c3ccccc3)C4)ccc2C)n1. The van der Waals surface area contributed by atoms with Crippen molar-refractivity contribution < 1.29 is 9.21 Å². The predicted octanol–water partition coefficient (Wildman–Crippen LogP) is 5.11. The Bertz CT molecular complexity index is 1040. The zero-order valence-corrected chi connectivity index (χ0v) is 16.1. The molecule has 1 aromatic heterocycles. The molecule has 2 bridgehead atoms. The van der Waals surface area contributed by atoms with E-state index in [1.165, 1.54) is 5.56 Å². The average Bonchev–Trinajstić information content (AvgIpc) is 3.37. The molecule has 0 atom stereocenters. The number of hydrogen-bond acceptors (Lipinski definition) is 3. The van der Waals surface area contributed by atoms with Crippen molar-refractivity contribution in [2.24, 2.45) is 5.92 Å². The highest BCUT2D eigenvalue weighted by molar-refractivity contribution is 5.91. The zero-order valence-electron chi connectivity index (χ0n) is 16.1. The number of rotatable bonds is 3. The van der Waals surface area contributed by atoms with Crippen molar-refractivity contribution in [3.05, 3.63) is 71.6 Å². The minimum absolute atomic E-state index is 0.0396. The number of oxazole rings is 1. The summed E-state index contributed by atoms with van der Waals surface area (Å²) in [5, 5.41) is 3.10. The number of carbonyl (C=O) groups excluding carboxylic acids is 1. The van der Waals surface area contributed by atoms with Crippen molar-refractivity contribution in [1.29, 1.82) is 0 Å². The van der Waals surface area contributed by atoms with Crippen molar-refractivity contribution in [3.63, 3.8) is 0 Å². The average molecular weight is 373 g/mol. The minimum Gasteiger partial charge on any atom is -0.444 e. The first-order valence-electron chi connectivity index (χ1n) is 9.72. The third-order valence-corrected chi connectivity index (χ3v) is 6.10. The molecule has 2 aliphatic heterocycles. The van der Waals surface area contributed by atoms with E-state index in [-0.39, 0.29) is 11.6 Å². The summed E-state index contributed by atoms with van der Waals surface area (Å²) in [5.41, 5.74) is 4.64. The van der Waals surface area contributed by atoms with Gasteiger partial charge in [-0.05, 0) is 55.9 Å². The molecule has 0 spiro atoms. The Morgan fingerprint density at radius 3 is 2.68 bits per heavy atom. The molecule has 3 aromatic rings. The van der Waals surface area contributed by atoms with Gasteiger partial charge >= 0.3 is 6.03 Å². The van der Waals surface area contributed by atoms with Gasteiger partial charge in [0.1, 0.15) is 6.26 Å². The predicted molar refractivity (Wildman–Crippen MR) is 108 cm³/mol. The van der Waals surface area contributed by atoms with Crippen LogP contribution in [-0.4, -0.2) is 22.5 Å². The molecule has 142 valence electrons. The van der Waals surface area contributed by atoms with Crippen LogP contribution in [0.4, 0.5) is 10.5 Å². The first-order valence-corrected chi connectivity index (χ1v) is 9.72. The summed E-state index contributed by atoms with van der Waals surface area (Å²) in [6.07, 6.45) is 3.75. The maximum Gasteiger partial charge on any atom is 0.322 e. The minimum atomic E-state index is -0.150. The lowest BCUT2D eigenvalue weighted by atomic mass is 9.69. The molecular weight excluding hydrogens is 350 g/mol. The highest BCUT2D eigenvalue weighted by Crippen LogP contribution is 2.57. The van der Waals surface area contributed by atoms with E-state index in [0.717, 1.165) is 41.9 Å². The second-order valence-corrected chi connectivity index (χ2v) is 8.04. The van der Waals surface area contributed by atoms with E-state index in [1.807, 2.05) is 43.0 Å². The van der Waals surface area contributed by atoms with Gasteiger partial charge in [0.25, 0.3) is 0 Å². The maximum atomic E-state index is 13.1. The van der Waals surface area contributed by atoms with Crippen LogP contribution in [0.15, 0.2) is 59.2 Å². The van der Waals surface area contributed by atoms with E-state index in [9.17, 15) is 4.79 Å². The molecule has 2 amide bonds. The van der Waals surface area contributed by atoms with Gasteiger partial charge in [0.2, 0.25) is 5.89 Å². The third kappa shape index (κ3) is 2.61.